The fourth-order valence-corrected chi connectivity index (χ4v) is 4.64. The first-order valence-corrected chi connectivity index (χ1v) is 10.4. The van der Waals surface area contributed by atoms with Crippen LogP contribution in [0, 0.1) is 13.8 Å². The van der Waals surface area contributed by atoms with Gasteiger partial charge < -0.3 is 24.0 Å². The van der Waals surface area contributed by atoms with Crippen LogP contribution in [0.4, 0.5) is 11.4 Å². The Balaban J connectivity index is 1.63. The van der Waals surface area contributed by atoms with E-state index in [-0.39, 0.29) is 5.78 Å². The molecule has 2 aromatic rings. The summed E-state index contributed by atoms with van der Waals surface area (Å²) in [6.07, 6.45) is 0. The van der Waals surface area contributed by atoms with Gasteiger partial charge in [0.2, 0.25) is 5.78 Å². The van der Waals surface area contributed by atoms with Gasteiger partial charge in [-0.2, -0.15) is 0 Å². The Kier molecular flexibility index (Phi) is 5.04. The molecule has 2 aromatic carbocycles. The van der Waals surface area contributed by atoms with E-state index in [0.29, 0.717) is 17.1 Å². The number of methoxy groups -OCH3 is 2. The number of hydrogen-bond donors (Lipinski definition) is 0. The van der Waals surface area contributed by atoms with Gasteiger partial charge in [-0.25, -0.2) is 0 Å². The normalized spacial score (nSPS) is 17.6. The maximum atomic E-state index is 13.0. The van der Waals surface area contributed by atoms with E-state index >= 15 is 0 Å². The average Bonchev–Trinajstić information content (AvgIpc) is 2.98. The maximum Gasteiger partial charge on any atom is 0.209 e. The highest BCUT2D eigenvalue weighted by Gasteiger charge is 2.44. The lowest BCUT2D eigenvalue weighted by Crippen LogP contribution is -2.47. The van der Waals surface area contributed by atoms with Crippen molar-refractivity contribution < 1.29 is 19.0 Å². The minimum Gasteiger partial charge on any atom is -0.497 e. The number of Topliss-reactive ketones (excluding diaryl/α,β-unsaturated/α-hetero) is 1. The Morgan fingerprint density at radius 2 is 1.50 bits per heavy atom. The van der Waals surface area contributed by atoms with E-state index in [4.69, 9.17) is 14.2 Å². The molecule has 0 N–H and O–H groups in total. The second-order valence-corrected chi connectivity index (χ2v) is 8.45. The minimum absolute atomic E-state index is 0.0198. The van der Waals surface area contributed by atoms with Crippen molar-refractivity contribution in [3.63, 3.8) is 0 Å². The number of carbonyl (C=O) groups is 1. The summed E-state index contributed by atoms with van der Waals surface area (Å²) in [7, 11) is 3.32. The average molecular weight is 411 g/mol. The number of rotatable bonds is 4. The van der Waals surface area contributed by atoms with Gasteiger partial charge in [-0.05, 0) is 57.5 Å². The Hall–Kier alpha value is -2.89. The topological polar surface area (TPSA) is 51.2 Å². The smallest absolute Gasteiger partial charge is 0.209 e. The summed E-state index contributed by atoms with van der Waals surface area (Å²) in [6.45, 7) is 11.3. The van der Waals surface area contributed by atoms with Crippen LogP contribution in [0.25, 0.3) is 0 Å². The van der Waals surface area contributed by atoms with Crippen molar-refractivity contribution in [1.29, 1.82) is 0 Å². The zero-order valence-corrected chi connectivity index (χ0v) is 18.7. The largest absolute Gasteiger partial charge is 0.497 e. The maximum absolute atomic E-state index is 13.0. The van der Waals surface area contributed by atoms with Crippen LogP contribution in [0.3, 0.4) is 0 Å². The van der Waals surface area contributed by atoms with Gasteiger partial charge >= 0.3 is 0 Å². The first-order valence-electron chi connectivity index (χ1n) is 10.4. The van der Waals surface area contributed by atoms with Crippen molar-refractivity contribution >= 4 is 17.2 Å². The third kappa shape index (κ3) is 3.15. The van der Waals surface area contributed by atoms with Gasteiger partial charge in [-0.3, -0.25) is 4.79 Å². The molecule has 4 rings (SSSR count). The molecule has 0 radical (unpaired) electrons. The molecule has 0 saturated carbocycles. The molecule has 1 saturated heterocycles. The highest BCUT2D eigenvalue weighted by atomic mass is 16.5. The number of piperazine rings is 1. The van der Waals surface area contributed by atoms with Crippen LogP contribution < -0.4 is 24.0 Å². The molecule has 2 aliphatic heterocycles. The van der Waals surface area contributed by atoms with E-state index in [1.807, 2.05) is 32.9 Å². The van der Waals surface area contributed by atoms with E-state index in [2.05, 4.69) is 28.9 Å². The van der Waals surface area contributed by atoms with Crippen LogP contribution >= 0.6 is 0 Å². The molecule has 30 heavy (non-hydrogen) atoms. The first-order chi connectivity index (χ1) is 14.3. The van der Waals surface area contributed by atoms with Gasteiger partial charge in [0.05, 0.1) is 19.8 Å². The Morgan fingerprint density at radius 1 is 0.900 bits per heavy atom. The van der Waals surface area contributed by atoms with Crippen LogP contribution in [-0.4, -0.2) is 51.8 Å². The van der Waals surface area contributed by atoms with E-state index in [1.165, 1.54) is 5.69 Å². The molecule has 0 bridgehead atoms. The third-order valence-corrected chi connectivity index (χ3v) is 6.23. The number of nitrogens with zero attached hydrogens (tertiary/aromatic N) is 2. The summed E-state index contributed by atoms with van der Waals surface area (Å²) >= 11 is 0. The second-order valence-electron chi connectivity index (χ2n) is 8.45. The molecule has 2 heterocycles. The fraction of sp³-hybridized carbons (Fsp3) is 0.458. The van der Waals surface area contributed by atoms with Crippen molar-refractivity contribution in [2.24, 2.45) is 0 Å². The van der Waals surface area contributed by atoms with E-state index in [9.17, 15) is 4.79 Å². The lowest BCUT2D eigenvalue weighted by Gasteiger charge is -2.39. The lowest BCUT2D eigenvalue weighted by molar-refractivity contribution is 0.0678. The number of ketones is 1. The molecule has 0 atom stereocenters. The van der Waals surface area contributed by atoms with Crippen LogP contribution in [0.2, 0.25) is 0 Å². The fourth-order valence-electron chi connectivity index (χ4n) is 4.64. The summed E-state index contributed by atoms with van der Waals surface area (Å²) in [5.41, 5.74) is 4.10. The SMILES string of the molecule is COc1ccc(N2CCN(c3c(C)c(OC)c4c(c3C)C(=O)C(C)(C)O4)CC2)cc1. The highest BCUT2D eigenvalue weighted by molar-refractivity contribution is 6.10. The van der Waals surface area contributed by atoms with Crippen LogP contribution in [0.15, 0.2) is 24.3 Å². The summed E-state index contributed by atoms with van der Waals surface area (Å²) in [6, 6.07) is 8.19. The molecule has 0 unspecified atom stereocenters. The Morgan fingerprint density at radius 3 is 2.07 bits per heavy atom. The van der Waals surface area contributed by atoms with Crippen LogP contribution in [0.5, 0.6) is 17.2 Å². The lowest BCUT2D eigenvalue weighted by atomic mass is 9.92. The first kappa shape index (κ1) is 20.4. The van der Waals surface area contributed by atoms with Crippen molar-refractivity contribution in [3.8, 4) is 17.2 Å². The molecule has 160 valence electrons. The number of anilines is 2. The van der Waals surface area contributed by atoms with Gasteiger partial charge in [-0.1, -0.05) is 0 Å². The molecule has 0 amide bonds. The summed E-state index contributed by atoms with van der Waals surface area (Å²) in [5, 5.41) is 0. The minimum atomic E-state index is -0.863. The standard InChI is InChI=1S/C24H30N2O4/c1-15-19-22(30-24(3,4)23(19)27)21(29-6)16(2)20(15)26-13-11-25(12-14-26)17-7-9-18(28-5)10-8-17/h7-10H,11-14H2,1-6H3. The second kappa shape index (κ2) is 7.42. The number of benzene rings is 2. The van der Waals surface area contributed by atoms with Gasteiger partial charge in [0, 0.05) is 43.1 Å². The van der Waals surface area contributed by atoms with Crippen molar-refractivity contribution in [3.05, 3.63) is 41.0 Å². The zero-order valence-electron chi connectivity index (χ0n) is 18.7. The monoisotopic (exact) mass is 410 g/mol. The predicted molar refractivity (Wildman–Crippen MR) is 119 cm³/mol. The summed E-state index contributed by atoms with van der Waals surface area (Å²) < 4.78 is 17.0. The number of carbonyl (C=O) groups excluding carboxylic acids is 1. The number of ether oxygens (including phenoxy) is 3. The van der Waals surface area contributed by atoms with Crippen LogP contribution in [-0.2, 0) is 0 Å². The quantitative estimate of drug-likeness (QED) is 0.759. The molecule has 2 aliphatic rings. The van der Waals surface area contributed by atoms with Crippen LogP contribution in [0.1, 0.15) is 35.3 Å². The molecule has 0 spiro atoms. The van der Waals surface area contributed by atoms with E-state index in [1.54, 1.807) is 14.2 Å². The molecular formula is C24H30N2O4. The van der Waals surface area contributed by atoms with Crippen molar-refractivity contribution in [1.82, 2.24) is 0 Å². The van der Waals surface area contributed by atoms with Crippen molar-refractivity contribution in [2.45, 2.75) is 33.3 Å². The van der Waals surface area contributed by atoms with Crippen molar-refractivity contribution in [2.75, 3.05) is 50.2 Å². The number of fused-ring (bicyclic) bond motifs is 1. The zero-order chi connectivity index (χ0) is 21.6. The van der Waals surface area contributed by atoms with E-state index in [0.717, 1.165) is 48.7 Å². The van der Waals surface area contributed by atoms with Gasteiger partial charge in [0.1, 0.15) is 5.75 Å². The molecule has 0 aromatic heterocycles. The van der Waals surface area contributed by atoms with Gasteiger partial charge in [-0.15, -0.1) is 0 Å². The van der Waals surface area contributed by atoms with Gasteiger partial charge in [0.15, 0.2) is 17.1 Å². The summed E-state index contributed by atoms with van der Waals surface area (Å²) in [4.78, 5) is 17.8. The highest BCUT2D eigenvalue weighted by Crippen LogP contribution is 2.49. The molecular weight excluding hydrogens is 380 g/mol. The molecule has 6 heteroatoms. The molecule has 0 aliphatic carbocycles. The van der Waals surface area contributed by atoms with Gasteiger partial charge in [0.25, 0.3) is 0 Å². The van der Waals surface area contributed by atoms with E-state index < -0.39 is 5.60 Å². The Bertz CT molecular complexity index is 974. The molecule has 6 nitrogen and oxygen atoms in total. The number of hydrogen-bond acceptors (Lipinski definition) is 6. The third-order valence-electron chi connectivity index (χ3n) is 6.23. The summed E-state index contributed by atoms with van der Waals surface area (Å²) in [5.74, 6) is 2.14. The Labute approximate surface area is 178 Å². The molecule has 1 fully saturated rings. The predicted octanol–water partition coefficient (Wildman–Crippen LogP) is 4.00.